The molecule has 1 aliphatic rings. The molecular weight excluding hydrogens is 245 g/mol. The summed E-state index contributed by atoms with van der Waals surface area (Å²) < 4.78 is 94.5. The molecule has 0 radical (unpaired) electrons. The van der Waals surface area contributed by atoms with Crippen LogP contribution in [0.25, 0.3) is 0 Å². The molecule has 1 saturated heterocycles. The van der Waals surface area contributed by atoms with Crippen LogP contribution in [-0.2, 0) is 4.74 Å². The molecule has 0 N–H and O–H groups in total. The summed E-state index contributed by atoms with van der Waals surface area (Å²) in [5.74, 6) is -12.2. The van der Waals surface area contributed by atoms with E-state index in [-0.39, 0.29) is 13.8 Å². The lowest BCUT2D eigenvalue weighted by molar-refractivity contribution is -0.404. The molecule has 2 unspecified atom stereocenters. The molecule has 0 aliphatic carbocycles. The van der Waals surface area contributed by atoms with Gasteiger partial charge in [-0.25, -0.2) is 22.0 Å². The summed E-state index contributed by atoms with van der Waals surface area (Å²) in [4.78, 5) is 0. The van der Waals surface area contributed by atoms with Gasteiger partial charge in [0.15, 0.2) is 0 Å². The van der Waals surface area contributed by atoms with Crippen LogP contribution in [-0.4, -0.2) is 30.2 Å². The average molecular weight is 254 g/mol. The van der Waals surface area contributed by atoms with E-state index in [0.29, 0.717) is 0 Å². The van der Waals surface area contributed by atoms with Crippen LogP contribution in [0.15, 0.2) is 0 Å². The van der Waals surface area contributed by atoms with Gasteiger partial charge in [0.05, 0.1) is 5.92 Å². The van der Waals surface area contributed by atoms with E-state index in [4.69, 9.17) is 0 Å². The molecule has 0 spiro atoms. The Morgan fingerprint density at radius 1 is 1.12 bits per heavy atom. The smallest absolute Gasteiger partial charge is 0.314 e. The number of hydrogen-bond acceptors (Lipinski definition) is 1. The number of halogens is 7. The lowest BCUT2D eigenvalue weighted by Gasteiger charge is -2.47. The van der Waals surface area contributed by atoms with Gasteiger partial charge in [-0.05, 0) is 0 Å². The second-order valence-electron chi connectivity index (χ2n) is 3.88. The van der Waals surface area contributed by atoms with Crippen LogP contribution < -0.4 is 0 Å². The van der Waals surface area contributed by atoms with Crippen LogP contribution in [0.5, 0.6) is 0 Å². The van der Waals surface area contributed by atoms with Gasteiger partial charge in [0, 0.05) is 6.92 Å². The molecule has 1 heterocycles. The maximum atomic E-state index is 13.7. The van der Waals surface area contributed by atoms with Gasteiger partial charge in [0.2, 0.25) is 5.67 Å². The Balaban J connectivity index is 3.29. The molecule has 8 heteroatoms. The highest BCUT2D eigenvalue weighted by Gasteiger charge is 2.77. The third-order valence-electron chi connectivity index (χ3n) is 2.72. The van der Waals surface area contributed by atoms with Crippen molar-refractivity contribution >= 4 is 0 Å². The predicted octanol–water partition coefficient (Wildman–Crippen LogP) is 3.24. The van der Waals surface area contributed by atoms with Crippen LogP contribution in [0.4, 0.5) is 30.7 Å². The Morgan fingerprint density at radius 3 is 1.88 bits per heavy atom. The average Bonchev–Trinajstić information content (AvgIpc) is 2.08. The maximum absolute atomic E-state index is 13.7. The van der Waals surface area contributed by atoms with Crippen LogP contribution in [0.3, 0.4) is 0 Å². The summed E-state index contributed by atoms with van der Waals surface area (Å²) in [5.41, 5.74) is -4.64. The first kappa shape index (κ1) is 13.5. The number of rotatable bonds is 1. The summed E-state index contributed by atoms with van der Waals surface area (Å²) in [6, 6.07) is 0. The van der Waals surface area contributed by atoms with Crippen molar-refractivity contribution in [2.75, 3.05) is 6.61 Å². The lowest BCUT2D eigenvalue weighted by Crippen LogP contribution is -2.69. The predicted molar refractivity (Wildman–Crippen MR) is 39.5 cm³/mol. The SMILES string of the molecule is CC1C(F)(F)OCC(F)(F)C1(F)C(C)(F)F. The zero-order valence-corrected chi connectivity index (χ0v) is 8.34. The highest BCUT2D eigenvalue weighted by Crippen LogP contribution is 2.56. The van der Waals surface area contributed by atoms with Crippen molar-refractivity contribution in [1.29, 1.82) is 0 Å². The molecule has 16 heavy (non-hydrogen) atoms. The van der Waals surface area contributed by atoms with E-state index in [1.165, 1.54) is 0 Å². The Morgan fingerprint density at radius 2 is 1.56 bits per heavy atom. The van der Waals surface area contributed by atoms with Gasteiger partial charge >= 0.3 is 12.0 Å². The van der Waals surface area contributed by atoms with Gasteiger partial charge in [0.25, 0.3) is 5.92 Å². The van der Waals surface area contributed by atoms with Crippen molar-refractivity contribution < 1.29 is 35.5 Å². The molecule has 96 valence electrons. The maximum Gasteiger partial charge on any atom is 0.362 e. The molecule has 0 amide bonds. The molecule has 0 saturated carbocycles. The Labute approximate surface area is 86.6 Å². The summed E-state index contributed by atoms with van der Waals surface area (Å²) >= 11 is 0. The van der Waals surface area contributed by atoms with Gasteiger partial charge in [0.1, 0.15) is 6.61 Å². The van der Waals surface area contributed by atoms with Crippen LogP contribution >= 0.6 is 0 Å². The van der Waals surface area contributed by atoms with Crippen molar-refractivity contribution in [3.8, 4) is 0 Å². The second kappa shape index (κ2) is 3.24. The highest BCUT2D eigenvalue weighted by atomic mass is 19.3. The quantitative estimate of drug-likeness (QED) is 0.653. The standard InChI is InChI=1S/C8H9F7O/c1-4-7(13,5(2,9)10)6(11,12)3-16-8(4,14)15/h4H,3H2,1-2H3. The molecule has 0 aromatic heterocycles. The third-order valence-corrected chi connectivity index (χ3v) is 2.72. The molecule has 0 bridgehead atoms. The van der Waals surface area contributed by atoms with Gasteiger partial charge in [-0.2, -0.15) is 8.78 Å². The molecule has 1 nitrogen and oxygen atoms in total. The van der Waals surface area contributed by atoms with Crippen LogP contribution in [0.2, 0.25) is 0 Å². The van der Waals surface area contributed by atoms with E-state index in [1.807, 2.05) is 0 Å². The summed E-state index contributed by atoms with van der Waals surface area (Å²) in [7, 11) is 0. The first-order valence-electron chi connectivity index (χ1n) is 4.32. The number of ether oxygens (including phenoxy) is 1. The Kier molecular flexibility index (Phi) is 2.74. The fourth-order valence-corrected chi connectivity index (χ4v) is 1.67. The minimum atomic E-state index is -4.67. The largest absolute Gasteiger partial charge is 0.362 e. The van der Waals surface area contributed by atoms with E-state index in [2.05, 4.69) is 4.74 Å². The van der Waals surface area contributed by atoms with Gasteiger partial charge < -0.3 is 4.74 Å². The minimum absolute atomic E-state index is 0.154. The molecule has 2 atom stereocenters. The van der Waals surface area contributed by atoms with Crippen molar-refractivity contribution in [3.63, 3.8) is 0 Å². The van der Waals surface area contributed by atoms with Gasteiger partial charge in [-0.3, -0.25) is 0 Å². The van der Waals surface area contributed by atoms with Crippen molar-refractivity contribution in [2.45, 2.75) is 37.5 Å². The molecule has 1 rings (SSSR count). The van der Waals surface area contributed by atoms with Crippen LogP contribution in [0.1, 0.15) is 13.8 Å². The van der Waals surface area contributed by atoms with Crippen LogP contribution in [0, 0.1) is 5.92 Å². The molecular formula is C8H9F7O. The molecule has 1 aliphatic heterocycles. The first-order chi connectivity index (χ1) is 6.86. The zero-order chi connectivity index (χ0) is 13.0. The highest BCUT2D eigenvalue weighted by molar-refractivity contribution is 5.09. The fourth-order valence-electron chi connectivity index (χ4n) is 1.67. The van der Waals surface area contributed by atoms with E-state index >= 15 is 0 Å². The molecule has 0 aromatic carbocycles. The fraction of sp³-hybridized carbons (Fsp3) is 1.00. The first-order valence-corrected chi connectivity index (χ1v) is 4.32. The number of alkyl halides is 7. The summed E-state index contributed by atoms with van der Waals surface area (Å²) in [5, 5.41) is 0. The van der Waals surface area contributed by atoms with E-state index in [9.17, 15) is 30.7 Å². The van der Waals surface area contributed by atoms with E-state index in [0.717, 1.165) is 0 Å². The van der Waals surface area contributed by atoms with E-state index < -0.39 is 36.1 Å². The number of hydrogen-bond donors (Lipinski definition) is 0. The zero-order valence-electron chi connectivity index (χ0n) is 8.34. The summed E-state index contributed by atoms with van der Waals surface area (Å²) in [6.45, 7) is -1.96. The van der Waals surface area contributed by atoms with Gasteiger partial charge in [-0.1, -0.05) is 6.92 Å². The third kappa shape index (κ3) is 1.57. The van der Waals surface area contributed by atoms with Gasteiger partial charge in [-0.15, -0.1) is 0 Å². The Bertz CT molecular complexity index is 285. The lowest BCUT2D eigenvalue weighted by atomic mass is 9.77. The minimum Gasteiger partial charge on any atom is -0.314 e. The molecule has 0 aromatic rings. The Hall–Kier alpha value is -0.530. The van der Waals surface area contributed by atoms with Crippen molar-refractivity contribution in [1.82, 2.24) is 0 Å². The molecule has 1 fully saturated rings. The summed E-state index contributed by atoms with van der Waals surface area (Å²) in [6.07, 6.45) is -4.35. The topological polar surface area (TPSA) is 9.23 Å². The normalized spacial score (nSPS) is 38.4. The second-order valence-corrected chi connectivity index (χ2v) is 3.88. The van der Waals surface area contributed by atoms with Crippen molar-refractivity contribution in [2.24, 2.45) is 5.92 Å². The monoisotopic (exact) mass is 254 g/mol. The van der Waals surface area contributed by atoms with E-state index in [1.54, 1.807) is 0 Å². The van der Waals surface area contributed by atoms with Crippen molar-refractivity contribution in [3.05, 3.63) is 0 Å².